The molecule has 5 nitrogen and oxygen atoms in total. The molecule has 0 bridgehead atoms. The topological polar surface area (TPSA) is 40.6 Å². The molecule has 126 valence electrons. The number of alkyl halides is 3. The Morgan fingerprint density at radius 3 is 2.62 bits per heavy atom. The molecule has 1 aromatic heterocycles. The van der Waals surface area contributed by atoms with Gasteiger partial charge in [0.25, 0.3) is 0 Å². The van der Waals surface area contributed by atoms with Gasteiger partial charge in [-0.25, -0.2) is 4.85 Å². The molecule has 1 saturated carbocycles. The SMILES string of the molecule is [C-]#[N+]c1c(OC2CC2)cc(OC(F)(F)Br)cc1-c1c(Br)cnn1C. The summed E-state index contributed by atoms with van der Waals surface area (Å²) in [4.78, 5) is 3.54. The quantitative estimate of drug-likeness (QED) is 0.449. The number of halogens is 4. The van der Waals surface area contributed by atoms with Crippen molar-refractivity contribution in [3.63, 3.8) is 0 Å². The van der Waals surface area contributed by atoms with E-state index in [-0.39, 0.29) is 23.3 Å². The maximum Gasteiger partial charge on any atom is 0.459 e. The molecule has 0 amide bonds. The standard InChI is InChI=1S/C15H11Br2F2N3O2/c1-20-13-10(14-11(16)7-21-22(14)2)5-9(24-15(17,18)19)6-12(13)23-8-3-4-8/h5-8H,3-4H2,2H3. The van der Waals surface area contributed by atoms with Crippen LogP contribution in [0.2, 0.25) is 0 Å². The van der Waals surface area contributed by atoms with E-state index in [0.717, 1.165) is 12.8 Å². The Balaban J connectivity index is 2.17. The summed E-state index contributed by atoms with van der Waals surface area (Å²) in [6.07, 6.45) is 3.33. The highest BCUT2D eigenvalue weighted by Crippen LogP contribution is 2.46. The summed E-state index contributed by atoms with van der Waals surface area (Å²) in [6.45, 7) is 7.49. The van der Waals surface area contributed by atoms with Crippen molar-refractivity contribution in [2.24, 2.45) is 7.05 Å². The van der Waals surface area contributed by atoms with Crippen LogP contribution in [0.1, 0.15) is 12.8 Å². The van der Waals surface area contributed by atoms with Crippen LogP contribution in [-0.4, -0.2) is 20.9 Å². The van der Waals surface area contributed by atoms with Crippen molar-refractivity contribution in [2.75, 3.05) is 0 Å². The second-order valence-electron chi connectivity index (χ2n) is 5.26. The molecule has 0 atom stereocenters. The van der Waals surface area contributed by atoms with E-state index in [1.807, 2.05) is 0 Å². The van der Waals surface area contributed by atoms with Crippen molar-refractivity contribution in [3.05, 3.63) is 34.2 Å². The fourth-order valence-corrected chi connectivity index (χ4v) is 2.99. The summed E-state index contributed by atoms with van der Waals surface area (Å²) in [5.41, 5.74) is 1.21. The number of ether oxygens (including phenoxy) is 2. The first-order valence-electron chi connectivity index (χ1n) is 6.94. The Morgan fingerprint density at radius 1 is 1.42 bits per heavy atom. The minimum absolute atomic E-state index is 0.00746. The van der Waals surface area contributed by atoms with Crippen molar-refractivity contribution in [1.82, 2.24) is 9.78 Å². The van der Waals surface area contributed by atoms with Gasteiger partial charge in [0.2, 0.25) is 5.69 Å². The van der Waals surface area contributed by atoms with E-state index in [1.165, 1.54) is 12.1 Å². The average molecular weight is 463 g/mol. The molecule has 1 aliphatic rings. The van der Waals surface area contributed by atoms with E-state index in [1.54, 1.807) is 17.9 Å². The molecular weight excluding hydrogens is 452 g/mol. The summed E-state index contributed by atoms with van der Waals surface area (Å²) in [7, 11) is 1.70. The van der Waals surface area contributed by atoms with E-state index in [4.69, 9.17) is 11.3 Å². The summed E-state index contributed by atoms with van der Waals surface area (Å²) in [6, 6.07) is 2.69. The van der Waals surface area contributed by atoms with Crippen LogP contribution < -0.4 is 9.47 Å². The Morgan fingerprint density at radius 2 is 2.12 bits per heavy atom. The van der Waals surface area contributed by atoms with Crippen LogP contribution in [0.3, 0.4) is 0 Å². The highest BCUT2D eigenvalue weighted by molar-refractivity contribution is 9.10. The lowest BCUT2D eigenvalue weighted by Gasteiger charge is -2.17. The number of benzene rings is 1. The second-order valence-corrected chi connectivity index (χ2v) is 7.04. The molecule has 1 heterocycles. The Kier molecular flexibility index (Phi) is 4.53. The molecule has 0 spiro atoms. The van der Waals surface area contributed by atoms with Crippen molar-refractivity contribution >= 4 is 37.5 Å². The first-order chi connectivity index (χ1) is 11.3. The molecule has 0 unspecified atom stereocenters. The van der Waals surface area contributed by atoms with E-state index in [9.17, 15) is 8.78 Å². The molecule has 9 heteroatoms. The third kappa shape index (κ3) is 3.70. The Labute approximate surface area is 153 Å². The number of hydrogen-bond donors (Lipinski definition) is 0. The number of rotatable bonds is 5. The zero-order chi connectivity index (χ0) is 17.5. The van der Waals surface area contributed by atoms with E-state index >= 15 is 0 Å². The molecule has 0 saturated heterocycles. The summed E-state index contributed by atoms with van der Waals surface area (Å²) in [5.74, 6) is 0.118. The zero-order valence-corrected chi connectivity index (χ0v) is 15.6. The number of aryl methyl sites for hydroxylation is 1. The molecule has 1 aromatic carbocycles. The smallest absolute Gasteiger partial charge is 0.459 e. The first-order valence-corrected chi connectivity index (χ1v) is 8.53. The molecule has 2 aromatic rings. The molecule has 0 radical (unpaired) electrons. The number of aromatic nitrogens is 2. The van der Waals surface area contributed by atoms with Crippen LogP contribution in [0.15, 0.2) is 22.8 Å². The maximum absolute atomic E-state index is 13.2. The summed E-state index contributed by atoms with van der Waals surface area (Å²) >= 11 is 5.52. The molecule has 0 N–H and O–H groups in total. The minimum atomic E-state index is -3.52. The number of hydrogen-bond acceptors (Lipinski definition) is 3. The first kappa shape index (κ1) is 17.2. The van der Waals surface area contributed by atoms with Gasteiger partial charge in [-0.3, -0.25) is 4.68 Å². The lowest BCUT2D eigenvalue weighted by molar-refractivity contribution is -0.0803. The average Bonchev–Trinajstić information content (AvgIpc) is 3.21. The van der Waals surface area contributed by atoms with Gasteiger partial charge >= 0.3 is 5.02 Å². The lowest BCUT2D eigenvalue weighted by atomic mass is 10.1. The van der Waals surface area contributed by atoms with Gasteiger partial charge in [-0.15, -0.1) is 0 Å². The van der Waals surface area contributed by atoms with E-state index in [2.05, 4.69) is 46.5 Å². The maximum atomic E-state index is 13.2. The monoisotopic (exact) mass is 461 g/mol. The van der Waals surface area contributed by atoms with Crippen LogP contribution in [0.4, 0.5) is 14.5 Å². The van der Waals surface area contributed by atoms with E-state index in [0.29, 0.717) is 15.7 Å². The highest BCUT2D eigenvalue weighted by atomic mass is 79.9. The van der Waals surface area contributed by atoms with Crippen LogP contribution in [0.25, 0.3) is 16.1 Å². The molecule has 0 aliphatic heterocycles. The van der Waals surface area contributed by atoms with Crippen LogP contribution >= 0.6 is 31.9 Å². The summed E-state index contributed by atoms with van der Waals surface area (Å²) < 4.78 is 38.9. The van der Waals surface area contributed by atoms with Gasteiger partial charge in [-0.1, -0.05) is 0 Å². The predicted octanol–water partition coefficient (Wildman–Crippen LogP) is 5.27. The highest BCUT2D eigenvalue weighted by Gasteiger charge is 2.30. The molecule has 3 rings (SSSR count). The second kappa shape index (κ2) is 6.33. The minimum Gasteiger partial charge on any atom is -0.501 e. The Hall–Kier alpha value is -1.66. The van der Waals surface area contributed by atoms with Crippen LogP contribution in [0, 0.1) is 6.57 Å². The molecule has 1 fully saturated rings. The third-order valence-electron chi connectivity index (χ3n) is 3.36. The van der Waals surface area contributed by atoms with Crippen molar-refractivity contribution in [1.29, 1.82) is 0 Å². The van der Waals surface area contributed by atoms with Crippen molar-refractivity contribution in [3.8, 4) is 22.8 Å². The largest absolute Gasteiger partial charge is 0.501 e. The van der Waals surface area contributed by atoms with Gasteiger partial charge in [0.05, 0.1) is 29.0 Å². The predicted molar refractivity (Wildman–Crippen MR) is 90.8 cm³/mol. The summed E-state index contributed by atoms with van der Waals surface area (Å²) in [5, 5.41) is 0.580. The van der Waals surface area contributed by atoms with Crippen molar-refractivity contribution < 1.29 is 18.3 Å². The van der Waals surface area contributed by atoms with Gasteiger partial charge in [0, 0.05) is 34.6 Å². The van der Waals surface area contributed by atoms with Gasteiger partial charge in [-0.05, 0) is 34.8 Å². The fourth-order valence-electron chi connectivity index (χ4n) is 2.24. The van der Waals surface area contributed by atoms with Crippen molar-refractivity contribution in [2.45, 2.75) is 24.0 Å². The van der Waals surface area contributed by atoms with Gasteiger partial charge in [-0.2, -0.15) is 13.9 Å². The fraction of sp³-hybridized carbons (Fsp3) is 0.333. The van der Waals surface area contributed by atoms with Gasteiger partial charge in [0.15, 0.2) is 0 Å². The van der Waals surface area contributed by atoms with Gasteiger partial charge in [0.1, 0.15) is 11.5 Å². The lowest BCUT2D eigenvalue weighted by Crippen LogP contribution is -2.15. The van der Waals surface area contributed by atoms with E-state index < -0.39 is 5.02 Å². The van der Waals surface area contributed by atoms with Gasteiger partial charge < -0.3 is 9.47 Å². The normalized spacial score (nSPS) is 14.3. The number of nitrogens with zero attached hydrogens (tertiary/aromatic N) is 3. The molecular formula is C15H11Br2F2N3O2. The van der Waals surface area contributed by atoms with Crippen LogP contribution in [-0.2, 0) is 7.05 Å². The molecule has 24 heavy (non-hydrogen) atoms. The third-order valence-corrected chi connectivity index (χ3v) is 4.10. The Bertz CT molecular complexity index is 804. The molecule has 1 aliphatic carbocycles. The van der Waals surface area contributed by atoms with Crippen LogP contribution in [0.5, 0.6) is 11.5 Å². The zero-order valence-electron chi connectivity index (χ0n) is 12.4.